The molecule has 1 heterocycles. The van der Waals surface area contributed by atoms with Crippen LogP contribution in [0.2, 0.25) is 0 Å². The third kappa shape index (κ3) is 3.91. The largest absolute Gasteiger partial charge is 0.416 e. The van der Waals surface area contributed by atoms with E-state index in [2.05, 4.69) is 15.5 Å². The number of halogens is 3. The number of amides is 1. The number of carbonyl (C=O) groups excluding carboxylic acids is 1. The van der Waals surface area contributed by atoms with E-state index in [4.69, 9.17) is 0 Å². The van der Waals surface area contributed by atoms with E-state index < -0.39 is 17.6 Å². The molecular formula is C15H12F3N3O. The van der Waals surface area contributed by atoms with Crippen LogP contribution in [0.3, 0.4) is 0 Å². The molecule has 1 aromatic heterocycles. The Morgan fingerprint density at radius 1 is 1.14 bits per heavy atom. The molecule has 0 aliphatic heterocycles. The maximum Gasteiger partial charge on any atom is 0.416 e. The Morgan fingerprint density at radius 3 is 2.45 bits per heavy atom. The van der Waals surface area contributed by atoms with Crippen LogP contribution in [0.5, 0.6) is 0 Å². The van der Waals surface area contributed by atoms with E-state index in [9.17, 15) is 18.0 Å². The molecule has 0 aliphatic rings. The number of alkyl halides is 3. The number of rotatable bonds is 3. The van der Waals surface area contributed by atoms with Crippen LogP contribution < -0.4 is 5.43 Å². The molecule has 1 amide bonds. The van der Waals surface area contributed by atoms with Crippen LogP contribution >= 0.6 is 0 Å². The number of aromatic nitrogens is 1. The highest BCUT2D eigenvalue weighted by atomic mass is 19.4. The SMILES string of the molecule is CC(=NNC(=O)c1ccncc1)c1cccc(C(F)(F)F)c1. The maximum absolute atomic E-state index is 12.7. The van der Waals surface area contributed by atoms with Crippen molar-refractivity contribution in [1.29, 1.82) is 0 Å². The molecule has 4 nitrogen and oxygen atoms in total. The lowest BCUT2D eigenvalue weighted by Gasteiger charge is -2.08. The van der Waals surface area contributed by atoms with Crippen molar-refractivity contribution in [1.82, 2.24) is 10.4 Å². The van der Waals surface area contributed by atoms with Gasteiger partial charge in [-0.1, -0.05) is 12.1 Å². The molecule has 0 saturated carbocycles. The number of hydrogen-bond donors (Lipinski definition) is 1. The zero-order valence-electron chi connectivity index (χ0n) is 11.6. The molecule has 0 radical (unpaired) electrons. The van der Waals surface area contributed by atoms with Gasteiger partial charge in [0.25, 0.3) is 5.91 Å². The molecule has 114 valence electrons. The average molecular weight is 307 g/mol. The monoisotopic (exact) mass is 307 g/mol. The van der Waals surface area contributed by atoms with Gasteiger partial charge in [0.2, 0.25) is 0 Å². The number of hydrazone groups is 1. The first-order valence-corrected chi connectivity index (χ1v) is 6.30. The smallest absolute Gasteiger partial charge is 0.267 e. The summed E-state index contributed by atoms with van der Waals surface area (Å²) in [6.07, 6.45) is -1.51. The van der Waals surface area contributed by atoms with Crippen LogP contribution in [0.15, 0.2) is 53.9 Å². The van der Waals surface area contributed by atoms with Crippen LogP contribution in [0.4, 0.5) is 13.2 Å². The molecule has 22 heavy (non-hydrogen) atoms. The number of hydrogen-bond acceptors (Lipinski definition) is 3. The van der Waals surface area contributed by atoms with Gasteiger partial charge in [-0.25, -0.2) is 5.43 Å². The molecule has 2 rings (SSSR count). The molecule has 0 spiro atoms. The Labute approximate surface area is 124 Å². The molecular weight excluding hydrogens is 295 g/mol. The molecule has 0 atom stereocenters. The summed E-state index contributed by atoms with van der Waals surface area (Å²) in [4.78, 5) is 15.6. The standard InChI is InChI=1S/C15H12F3N3O/c1-10(12-3-2-4-13(9-12)15(16,17)18)20-21-14(22)11-5-7-19-8-6-11/h2-9H,1H3,(H,21,22). The van der Waals surface area contributed by atoms with Gasteiger partial charge in [-0.15, -0.1) is 0 Å². The van der Waals surface area contributed by atoms with E-state index in [-0.39, 0.29) is 11.3 Å². The summed E-state index contributed by atoms with van der Waals surface area (Å²) in [5.41, 5.74) is 2.44. The zero-order chi connectivity index (χ0) is 16.2. The van der Waals surface area contributed by atoms with Crippen molar-refractivity contribution in [2.45, 2.75) is 13.1 Å². The topological polar surface area (TPSA) is 54.4 Å². The second-order valence-corrected chi connectivity index (χ2v) is 4.45. The predicted octanol–water partition coefficient (Wildman–Crippen LogP) is 3.25. The average Bonchev–Trinajstić information content (AvgIpc) is 2.52. The van der Waals surface area contributed by atoms with Gasteiger partial charge in [-0.05, 0) is 36.8 Å². The van der Waals surface area contributed by atoms with Crippen LogP contribution in [0, 0.1) is 0 Å². The summed E-state index contributed by atoms with van der Waals surface area (Å²) < 4.78 is 38.0. The van der Waals surface area contributed by atoms with E-state index in [1.807, 2.05) is 0 Å². The molecule has 0 unspecified atom stereocenters. The fourth-order valence-electron chi connectivity index (χ4n) is 1.69. The van der Waals surface area contributed by atoms with Crippen molar-refractivity contribution < 1.29 is 18.0 Å². The second-order valence-electron chi connectivity index (χ2n) is 4.45. The fourth-order valence-corrected chi connectivity index (χ4v) is 1.69. The van der Waals surface area contributed by atoms with Gasteiger partial charge in [-0.3, -0.25) is 9.78 Å². The van der Waals surface area contributed by atoms with Crippen molar-refractivity contribution in [3.05, 3.63) is 65.5 Å². The van der Waals surface area contributed by atoms with Crippen LogP contribution in [-0.4, -0.2) is 16.6 Å². The fraction of sp³-hybridized carbons (Fsp3) is 0.133. The van der Waals surface area contributed by atoms with Crippen molar-refractivity contribution in [2.75, 3.05) is 0 Å². The summed E-state index contributed by atoms with van der Waals surface area (Å²) in [5, 5.41) is 3.82. The number of carbonyl (C=O) groups is 1. The first-order chi connectivity index (χ1) is 10.4. The summed E-state index contributed by atoms with van der Waals surface area (Å²) in [7, 11) is 0. The van der Waals surface area contributed by atoms with Gasteiger partial charge in [-0.2, -0.15) is 18.3 Å². The maximum atomic E-state index is 12.7. The lowest BCUT2D eigenvalue weighted by atomic mass is 10.1. The van der Waals surface area contributed by atoms with E-state index in [1.165, 1.54) is 43.6 Å². The van der Waals surface area contributed by atoms with E-state index in [0.717, 1.165) is 12.1 Å². The predicted molar refractivity (Wildman–Crippen MR) is 75.4 cm³/mol. The minimum absolute atomic E-state index is 0.272. The van der Waals surface area contributed by atoms with Gasteiger partial charge >= 0.3 is 6.18 Å². The molecule has 2 aromatic rings. The number of nitrogens with one attached hydrogen (secondary N) is 1. The van der Waals surface area contributed by atoms with Crippen LogP contribution in [-0.2, 0) is 6.18 Å². The Kier molecular flexibility index (Phi) is 4.55. The quantitative estimate of drug-likeness (QED) is 0.699. The summed E-state index contributed by atoms with van der Waals surface area (Å²) in [6.45, 7) is 1.52. The highest BCUT2D eigenvalue weighted by Gasteiger charge is 2.30. The van der Waals surface area contributed by atoms with Crippen molar-refractivity contribution >= 4 is 11.6 Å². The second kappa shape index (κ2) is 6.38. The highest BCUT2D eigenvalue weighted by molar-refractivity contribution is 6.00. The van der Waals surface area contributed by atoms with Gasteiger partial charge in [0.15, 0.2) is 0 Å². The summed E-state index contributed by atoms with van der Waals surface area (Å²) in [6, 6.07) is 7.76. The molecule has 0 bridgehead atoms. The Balaban J connectivity index is 2.14. The number of benzene rings is 1. The lowest BCUT2D eigenvalue weighted by molar-refractivity contribution is -0.137. The Hall–Kier alpha value is -2.70. The summed E-state index contributed by atoms with van der Waals surface area (Å²) in [5.74, 6) is -0.464. The number of pyridine rings is 1. The van der Waals surface area contributed by atoms with Crippen molar-refractivity contribution in [2.24, 2.45) is 5.10 Å². The Bertz CT molecular complexity index is 697. The molecule has 0 saturated heterocycles. The first kappa shape index (κ1) is 15.7. The third-order valence-electron chi connectivity index (χ3n) is 2.88. The summed E-state index contributed by atoms with van der Waals surface area (Å²) >= 11 is 0. The van der Waals surface area contributed by atoms with Gasteiger partial charge in [0.05, 0.1) is 11.3 Å². The van der Waals surface area contributed by atoms with Gasteiger partial charge in [0, 0.05) is 18.0 Å². The third-order valence-corrected chi connectivity index (χ3v) is 2.88. The first-order valence-electron chi connectivity index (χ1n) is 6.30. The lowest BCUT2D eigenvalue weighted by Crippen LogP contribution is -2.19. The van der Waals surface area contributed by atoms with Crippen LogP contribution in [0.25, 0.3) is 0 Å². The minimum atomic E-state index is -4.42. The number of nitrogens with zero attached hydrogens (tertiary/aromatic N) is 2. The zero-order valence-corrected chi connectivity index (χ0v) is 11.6. The van der Waals surface area contributed by atoms with Crippen molar-refractivity contribution in [3.8, 4) is 0 Å². The van der Waals surface area contributed by atoms with E-state index in [1.54, 1.807) is 0 Å². The minimum Gasteiger partial charge on any atom is -0.267 e. The highest BCUT2D eigenvalue weighted by Crippen LogP contribution is 2.29. The van der Waals surface area contributed by atoms with Crippen molar-refractivity contribution in [3.63, 3.8) is 0 Å². The molecule has 1 N–H and O–H groups in total. The van der Waals surface area contributed by atoms with Crippen LogP contribution in [0.1, 0.15) is 28.4 Å². The molecule has 1 aromatic carbocycles. The molecule has 7 heteroatoms. The Morgan fingerprint density at radius 2 is 1.82 bits per heavy atom. The molecule has 0 fully saturated rings. The van der Waals surface area contributed by atoms with Gasteiger partial charge < -0.3 is 0 Å². The normalized spacial score (nSPS) is 12.1. The van der Waals surface area contributed by atoms with E-state index in [0.29, 0.717) is 5.56 Å². The van der Waals surface area contributed by atoms with E-state index >= 15 is 0 Å². The molecule has 0 aliphatic carbocycles. The van der Waals surface area contributed by atoms with Gasteiger partial charge in [0.1, 0.15) is 0 Å².